The largest absolute Gasteiger partial charge is 0.497 e. The van der Waals surface area contributed by atoms with Gasteiger partial charge in [-0.15, -0.1) is 0 Å². The van der Waals surface area contributed by atoms with E-state index in [9.17, 15) is 0 Å². The van der Waals surface area contributed by atoms with Crippen molar-refractivity contribution >= 4 is 0 Å². The molecule has 0 heterocycles. The van der Waals surface area contributed by atoms with Gasteiger partial charge in [-0.1, -0.05) is 68.4 Å². The van der Waals surface area contributed by atoms with Crippen LogP contribution in [0.2, 0.25) is 0 Å². The van der Waals surface area contributed by atoms with E-state index in [1.54, 1.807) is 14.2 Å². The van der Waals surface area contributed by atoms with Crippen molar-refractivity contribution in [1.29, 1.82) is 0 Å². The molecule has 3 aromatic rings. The summed E-state index contributed by atoms with van der Waals surface area (Å²) in [7, 11) is 3.38. The second-order valence-electron chi connectivity index (χ2n) is 5.95. The van der Waals surface area contributed by atoms with Gasteiger partial charge in [-0.25, -0.2) is 0 Å². The van der Waals surface area contributed by atoms with Crippen LogP contribution in [0.1, 0.15) is 37.5 Å². The SMILES string of the molecule is CC.COc1ccc(C(C)(c2ccccc2)c2ccc(OC)cc2)cc1. The second kappa shape index (κ2) is 9.10. The predicted octanol–water partition coefficient (Wildman–Crippen LogP) is 6.08. The zero-order valence-electron chi connectivity index (χ0n) is 16.3. The third-order valence-electron chi connectivity index (χ3n) is 4.69. The van der Waals surface area contributed by atoms with Crippen LogP contribution in [0.3, 0.4) is 0 Å². The maximum atomic E-state index is 5.31. The van der Waals surface area contributed by atoms with E-state index < -0.39 is 0 Å². The summed E-state index contributed by atoms with van der Waals surface area (Å²) in [4.78, 5) is 0. The van der Waals surface area contributed by atoms with Crippen molar-refractivity contribution in [2.45, 2.75) is 26.2 Å². The van der Waals surface area contributed by atoms with Gasteiger partial charge < -0.3 is 9.47 Å². The number of methoxy groups -OCH3 is 2. The van der Waals surface area contributed by atoms with Gasteiger partial charge in [0.1, 0.15) is 11.5 Å². The van der Waals surface area contributed by atoms with Crippen molar-refractivity contribution in [2.75, 3.05) is 14.2 Å². The zero-order chi connectivity index (χ0) is 19.0. The predicted molar refractivity (Wildman–Crippen MR) is 109 cm³/mol. The highest BCUT2D eigenvalue weighted by Crippen LogP contribution is 2.39. The van der Waals surface area contributed by atoms with Crippen molar-refractivity contribution in [3.63, 3.8) is 0 Å². The molecule has 0 spiro atoms. The summed E-state index contributed by atoms with van der Waals surface area (Å²) in [5.74, 6) is 1.73. The molecule has 0 fully saturated rings. The molecule has 0 aliphatic carbocycles. The average Bonchev–Trinajstić information content (AvgIpc) is 2.75. The molecule has 3 rings (SSSR count). The first-order chi connectivity index (χ1) is 12.7. The van der Waals surface area contributed by atoms with E-state index in [1.807, 2.05) is 44.2 Å². The first kappa shape index (κ1) is 19.6. The van der Waals surface area contributed by atoms with Gasteiger partial charge in [0.05, 0.1) is 14.2 Å². The normalized spacial score (nSPS) is 10.5. The Morgan fingerprint density at radius 3 is 1.23 bits per heavy atom. The summed E-state index contributed by atoms with van der Waals surface area (Å²) in [5, 5.41) is 0. The topological polar surface area (TPSA) is 18.5 Å². The molecule has 0 N–H and O–H groups in total. The number of hydrogen-bond donors (Lipinski definition) is 0. The minimum Gasteiger partial charge on any atom is -0.497 e. The molecular formula is C24H28O2. The molecule has 2 nitrogen and oxygen atoms in total. The highest BCUT2D eigenvalue weighted by molar-refractivity contribution is 5.51. The van der Waals surface area contributed by atoms with Crippen LogP contribution >= 0.6 is 0 Å². The lowest BCUT2D eigenvalue weighted by atomic mass is 9.71. The van der Waals surface area contributed by atoms with Crippen molar-refractivity contribution in [1.82, 2.24) is 0 Å². The van der Waals surface area contributed by atoms with Crippen LogP contribution in [0.5, 0.6) is 11.5 Å². The Morgan fingerprint density at radius 1 is 0.538 bits per heavy atom. The lowest BCUT2D eigenvalue weighted by Gasteiger charge is -2.32. The minimum absolute atomic E-state index is 0.250. The molecule has 0 radical (unpaired) electrons. The van der Waals surface area contributed by atoms with E-state index in [0.29, 0.717) is 0 Å². The van der Waals surface area contributed by atoms with Crippen LogP contribution in [0.4, 0.5) is 0 Å². The molecule has 0 atom stereocenters. The Hall–Kier alpha value is -2.74. The lowest BCUT2D eigenvalue weighted by molar-refractivity contribution is 0.414. The first-order valence-corrected chi connectivity index (χ1v) is 9.03. The molecular weight excluding hydrogens is 320 g/mol. The summed E-state index contributed by atoms with van der Waals surface area (Å²) in [6, 6.07) is 27.2. The van der Waals surface area contributed by atoms with Crippen LogP contribution in [0, 0.1) is 0 Å². The summed E-state index contributed by atoms with van der Waals surface area (Å²) >= 11 is 0. The number of hydrogen-bond acceptors (Lipinski definition) is 2. The van der Waals surface area contributed by atoms with E-state index in [2.05, 4.69) is 55.5 Å². The quantitative estimate of drug-likeness (QED) is 0.520. The fraction of sp³-hybridized carbons (Fsp3) is 0.250. The molecule has 0 unspecified atom stereocenters. The Labute approximate surface area is 157 Å². The highest BCUT2D eigenvalue weighted by atomic mass is 16.5. The third kappa shape index (κ3) is 3.91. The monoisotopic (exact) mass is 348 g/mol. The van der Waals surface area contributed by atoms with Crippen molar-refractivity contribution < 1.29 is 9.47 Å². The van der Waals surface area contributed by atoms with Crippen LogP contribution in [-0.4, -0.2) is 14.2 Å². The Balaban J connectivity index is 0.00000117. The number of rotatable bonds is 5. The van der Waals surface area contributed by atoms with E-state index in [-0.39, 0.29) is 5.41 Å². The Morgan fingerprint density at radius 2 is 0.885 bits per heavy atom. The molecule has 0 aromatic heterocycles. The minimum atomic E-state index is -0.250. The molecule has 0 aliphatic rings. The fourth-order valence-electron chi connectivity index (χ4n) is 3.12. The smallest absolute Gasteiger partial charge is 0.118 e. The summed E-state index contributed by atoms with van der Waals surface area (Å²) in [6.45, 7) is 6.26. The van der Waals surface area contributed by atoms with E-state index in [0.717, 1.165) is 11.5 Å². The number of ether oxygens (including phenoxy) is 2. The maximum absolute atomic E-state index is 5.31. The van der Waals surface area contributed by atoms with Gasteiger partial charge in [0.2, 0.25) is 0 Å². The van der Waals surface area contributed by atoms with Gasteiger partial charge in [-0.05, 0) is 47.9 Å². The van der Waals surface area contributed by atoms with Gasteiger partial charge in [0.15, 0.2) is 0 Å². The Kier molecular flexibility index (Phi) is 6.85. The van der Waals surface area contributed by atoms with Crippen molar-refractivity contribution in [2.24, 2.45) is 0 Å². The van der Waals surface area contributed by atoms with Gasteiger partial charge in [-0.2, -0.15) is 0 Å². The van der Waals surface area contributed by atoms with Crippen LogP contribution in [0.15, 0.2) is 78.9 Å². The molecule has 0 saturated carbocycles. The highest BCUT2D eigenvalue weighted by Gasteiger charge is 2.31. The standard InChI is InChI=1S/C22H22O2.C2H6/c1-22(17-7-5-4-6-8-17,18-9-13-20(23-2)14-10-18)19-11-15-21(24-3)16-12-19;1-2/h4-16H,1-3H3;1-2H3. The van der Waals surface area contributed by atoms with Gasteiger partial charge in [-0.3, -0.25) is 0 Å². The van der Waals surface area contributed by atoms with Crippen molar-refractivity contribution in [3.8, 4) is 11.5 Å². The average molecular weight is 348 g/mol. The van der Waals surface area contributed by atoms with E-state index in [4.69, 9.17) is 9.47 Å². The zero-order valence-corrected chi connectivity index (χ0v) is 16.3. The molecule has 136 valence electrons. The summed E-state index contributed by atoms with van der Waals surface area (Å²) in [6.07, 6.45) is 0. The first-order valence-electron chi connectivity index (χ1n) is 9.03. The molecule has 26 heavy (non-hydrogen) atoms. The molecule has 2 heteroatoms. The fourth-order valence-corrected chi connectivity index (χ4v) is 3.12. The van der Waals surface area contributed by atoms with E-state index in [1.165, 1.54) is 16.7 Å². The van der Waals surface area contributed by atoms with Crippen LogP contribution < -0.4 is 9.47 Å². The lowest BCUT2D eigenvalue weighted by Crippen LogP contribution is -2.25. The summed E-state index contributed by atoms with van der Waals surface area (Å²) in [5.41, 5.74) is 3.44. The molecule has 0 aliphatic heterocycles. The Bertz CT molecular complexity index is 727. The van der Waals surface area contributed by atoms with Crippen LogP contribution in [-0.2, 0) is 5.41 Å². The molecule has 0 bridgehead atoms. The number of benzene rings is 3. The molecule has 0 saturated heterocycles. The third-order valence-corrected chi connectivity index (χ3v) is 4.69. The van der Waals surface area contributed by atoms with Gasteiger partial charge >= 0.3 is 0 Å². The molecule has 3 aromatic carbocycles. The van der Waals surface area contributed by atoms with E-state index >= 15 is 0 Å². The second-order valence-corrected chi connectivity index (χ2v) is 5.95. The van der Waals surface area contributed by atoms with Crippen molar-refractivity contribution in [3.05, 3.63) is 95.6 Å². The van der Waals surface area contributed by atoms with Gasteiger partial charge in [0, 0.05) is 5.41 Å². The summed E-state index contributed by atoms with van der Waals surface area (Å²) < 4.78 is 10.6. The van der Waals surface area contributed by atoms with Crippen LogP contribution in [0.25, 0.3) is 0 Å². The molecule has 0 amide bonds. The van der Waals surface area contributed by atoms with Gasteiger partial charge in [0.25, 0.3) is 0 Å². The maximum Gasteiger partial charge on any atom is 0.118 e.